The zero-order chi connectivity index (χ0) is 17.4. The molecule has 0 amide bonds. The van der Waals surface area contributed by atoms with Crippen LogP contribution in [0.15, 0.2) is 23.2 Å². The van der Waals surface area contributed by atoms with E-state index in [-0.39, 0.29) is 6.42 Å². The summed E-state index contributed by atoms with van der Waals surface area (Å²) in [7, 11) is 0. The highest BCUT2D eigenvalue weighted by Gasteiger charge is 2.33. The molecule has 0 radical (unpaired) electrons. The Hall–Kier alpha value is -2.63. The molecule has 3 rings (SSSR count). The molecule has 0 spiro atoms. The van der Waals surface area contributed by atoms with Crippen LogP contribution in [0.2, 0.25) is 0 Å². The minimum Gasteiger partial charge on any atom is -0.480 e. The number of aliphatic carboxylic acids is 2. The van der Waals surface area contributed by atoms with E-state index >= 15 is 0 Å². The van der Waals surface area contributed by atoms with Crippen molar-refractivity contribution in [3.05, 3.63) is 35.0 Å². The van der Waals surface area contributed by atoms with Crippen molar-refractivity contribution in [2.45, 2.75) is 45.2 Å². The smallest absolute Gasteiger partial charge is 0.328 e. The van der Waals surface area contributed by atoms with Gasteiger partial charge in [0.05, 0.1) is 0 Å². The molecule has 0 aliphatic carbocycles. The van der Waals surface area contributed by atoms with Crippen LogP contribution in [-0.4, -0.2) is 39.0 Å². The Kier molecular flexibility index (Phi) is 4.13. The van der Waals surface area contributed by atoms with Crippen LogP contribution >= 0.6 is 0 Å². The number of rotatable bonds is 4. The molecule has 2 unspecified atom stereocenters. The SMILES string of the molecule is CCc1cccc2c1c1c(n2CC)C(C(=O)O)C=NC(C(=O)O)C1. The second-order valence-electron chi connectivity index (χ2n) is 5.95. The average molecular weight is 328 g/mol. The van der Waals surface area contributed by atoms with Crippen molar-refractivity contribution in [1.82, 2.24) is 4.57 Å². The minimum atomic E-state index is -1.03. The van der Waals surface area contributed by atoms with E-state index in [0.29, 0.717) is 12.2 Å². The summed E-state index contributed by atoms with van der Waals surface area (Å²) >= 11 is 0. The van der Waals surface area contributed by atoms with Gasteiger partial charge in [0.1, 0.15) is 5.92 Å². The third kappa shape index (κ3) is 2.38. The maximum Gasteiger partial charge on any atom is 0.328 e. The fourth-order valence-corrected chi connectivity index (χ4v) is 3.62. The molecular formula is C18H20N2O4. The van der Waals surface area contributed by atoms with E-state index in [1.165, 1.54) is 6.21 Å². The van der Waals surface area contributed by atoms with Gasteiger partial charge >= 0.3 is 11.9 Å². The first kappa shape index (κ1) is 16.2. The number of hydrogen-bond acceptors (Lipinski definition) is 3. The van der Waals surface area contributed by atoms with Crippen molar-refractivity contribution in [3.63, 3.8) is 0 Å². The number of carbonyl (C=O) groups is 2. The van der Waals surface area contributed by atoms with Crippen LogP contribution in [0, 0.1) is 0 Å². The zero-order valence-electron chi connectivity index (χ0n) is 13.7. The Morgan fingerprint density at radius 2 is 2.00 bits per heavy atom. The third-order valence-corrected chi connectivity index (χ3v) is 4.68. The number of aryl methyl sites for hydroxylation is 2. The number of carboxylic acid groups (broad SMARTS) is 2. The first-order valence-corrected chi connectivity index (χ1v) is 8.11. The second-order valence-corrected chi connectivity index (χ2v) is 5.95. The van der Waals surface area contributed by atoms with Gasteiger partial charge in [0.25, 0.3) is 0 Å². The van der Waals surface area contributed by atoms with E-state index < -0.39 is 23.9 Å². The second kappa shape index (κ2) is 6.11. The molecule has 126 valence electrons. The molecule has 6 heteroatoms. The number of carboxylic acids is 2. The quantitative estimate of drug-likeness (QED) is 0.902. The lowest BCUT2D eigenvalue weighted by Gasteiger charge is -2.12. The van der Waals surface area contributed by atoms with Crippen molar-refractivity contribution >= 4 is 29.1 Å². The van der Waals surface area contributed by atoms with Gasteiger partial charge in [-0.25, -0.2) is 4.79 Å². The number of aromatic nitrogens is 1. The molecule has 0 fully saturated rings. The number of fused-ring (bicyclic) bond motifs is 3. The van der Waals surface area contributed by atoms with E-state index in [2.05, 4.69) is 4.99 Å². The van der Waals surface area contributed by atoms with E-state index in [1.807, 2.05) is 36.6 Å². The zero-order valence-corrected chi connectivity index (χ0v) is 13.7. The molecule has 1 aliphatic rings. The van der Waals surface area contributed by atoms with Gasteiger partial charge in [-0.3, -0.25) is 9.79 Å². The van der Waals surface area contributed by atoms with E-state index in [1.54, 1.807) is 0 Å². The van der Waals surface area contributed by atoms with Crippen LogP contribution in [0.1, 0.15) is 36.6 Å². The molecule has 1 aliphatic heterocycles. The standard InChI is InChI=1S/C18H20N2O4/c1-3-10-6-5-7-14-15(10)11-8-13(18(23)24)19-9-12(17(21)22)16(11)20(14)4-2/h5-7,9,12-13H,3-4,8H2,1-2H3,(H,21,22)(H,23,24). The van der Waals surface area contributed by atoms with Gasteiger partial charge in [-0.2, -0.15) is 0 Å². The van der Waals surface area contributed by atoms with E-state index in [4.69, 9.17) is 0 Å². The van der Waals surface area contributed by atoms with Crippen LogP contribution < -0.4 is 0 Å². The Balaban J connectivity index is 2.40. The van der Waals surface area contributed by atoms with Crippen molar-refractivity contribution in [3.8, 4) is 0 Å². The maximum atomic E-state index is 11.8. The molecular weight excluding hydrogens is 308 g/mol. The van der Waals surface area contributed by atoms with E-state index in [0.717, 1.165) is 28.5 Å². The molecule has 24 heavy (non-hydrogen) atoms. The predicted molar refractivity (Wildman–Crippen MR) is 91.0 cm³/mol. The molecule has 1 aromatic heterocycles. The molecule has 2 atom stereocenters. The van der Waals surface area contributed by atoms with Crippen LogP contribution in [0.5, 0.6) is 0 Å². The largest absolute Gasteiger partial charge is 0.480 e. The molecule has 0 bridgehead atoms. The lowest BCUT2D eigenvalue weighted by Crippen LogP contribution is -2.20. The maximum absolute atomic E-state index is 11.8. The normalized spacial score (nSPS) is 19.9. The molecule has 1 aromatic carbocycles. The van der Waals surface area contributed by atoms with Crippen molar-refractivity contribution in [2.24, 2.45) is 4.99 Å². The molecule has 2 heterocycles. The molecule has 2 N–H and O–H groups in total. The topological polar surface area (TPSA) is 91.9 Å². The Labute approximate surface area is 139 Å². The van der Waals surface area contributed by atoms with Gasteiger partial charge in [-0.1, -0.05) is 19.1 Å². The molecule has 0 saturated carbocycles. The summed E-state index contributed by atoms with van der Waals surface area (Å²) in [4.78, 5) is 27.3. The fraction of sp³-hybridized carbons (Fsp3) is 0.389. The summed E-state index contributed by atoms with van der Waals surface area (Å²) in [6, 6.07) is 5.00. The number of hydrogen-bond donors (Lipinski definition) is 2. The van der Waals surface area contributed by atoms with Gasteiger partial charge in [0.15, 0.2) is 6.04 Å². The Bertz CT molecular complexity index is 850. The van der Waals surface area contributed by atoms with Gasteiger partial charge in [-0.05, 0) is 30.5 Å². The van der Waals surface area contributed by atoms with Crippen molar-refractivity contribution in [2.75, 3.05) is 0 Å². The Morgan fingerprint density at radius 3 is 2.58 bits per heavy atom. The van der Waals surface area contributed by atoms with Crippen LogP contribution in [0.3, 0.4) is 0 Å². The van der Waals surface area contributed by atoms with Gasteiger partial charge in [0.2, 0.25) is 0 Å². The summed E-state index contributed by atoms with van der Waals surface area (Å²) in [6.45, 7) is 4.63. The highest BCUT2D eigenvalue weighted by Crippen LogP contribution is 2.36. The van der Waals surface area contributed by atoms with Crippen LogP contribution in [0.4, 0.5) is 0 Å². The van der Waals surface area contributed by atoms with Gasteiger partial charge in [0, 0.05) is 35.8 Å². The number of aliphatic imine (C=N–C) groups is 1. The molecule has 6 nitrogen and oxygen atoms in total. The summed E-state index contributed by atoms with van der Waals surface area (Å²) in [6.07, 6.45) is 2.29. The number of benzene rings is 1. The van der Waals surface area contributed by atoms with Crippen LogP contribution in [0.25, 0.3) is 10.9 Å². The molecule has 0 saturated heterocycles. The highest BCUT2D eigenvalue weighted by molar-refractivity contribution is 6.00. The van der Waals surface area contributed by atoms with E-state index in [9.17, 15) is 19.8 Å². The average Bonchev–Trinajstić information content (AvgIpc) is 2.73. The summed E-state index contributed by atoms with van der Waals surface area (Å²) in [5.41, 5.74) is 3.54. The van der Waals surface area contributed by atoms with Gasteiger partial charge in [-0.15, -0.1) is 0 Å². The minimum absolute atomic E-state index is 0.214. The Morgan fingerprint density at radius 1 is 1.25 bits per heavy atom. The summed E-state index contributed by atoms with van der Waals surface area (Å²) < 4.78 is 1.98. The monoisotopic (exact) mass is 328 g/mol. The summed E-state index contributed by atoms with van der Waals surface area (Å²) in [5, 5.41) is 20.0. The fourth-order valence-electron chi connectivity index (χ4n) is 3.62. The lowest BCUT2D eigenvalue weighted by molar-refractivity contribution is -0.139. The first-order chi connectivity index (χ1) is 11.5. The highest BCUT2D eigenvalue weighted by atomic mass is 16.4. The third-order valence-electron chi connectivity index (χ3n) is 4.68. The van der Waals surface area contributed by atoms with Gasteiger partial charge < -0.3 is 14.8 Å². The number of nitrogens with zero attached hydrogens (tertiary/aromatic N) is 2. The predicted octanol–water partition coefficient (Wildman–Crippen LogP) is 2.47. The first-order valence-electron chi connectivity index (χ1n) is 8.11. The molecule has 2 aromatic rings. The lowest BCUT2D eigenvalue weighted by atomic mass is 9.95. The van der Waals surface area contributed by atoms with Crippen molar-refractivity contribution in [1.29, 1.82) is 0 Å². The van der Waals surface area contributed by atoms with Crippen LogP contribution in [-0.2, 0) is 29.0 Å². The summed E-state index contributed by atoms with van der Waals surface area (Å²) in [5.74, 6) is -2.97. The van der Waals surface area contributed by atoms with Crippen molar-refractivity contribution < 1.29 is 19.8 Å².